The van der Waals surface area contributed by atoms with Crippen LogP contribution in [0, 0.1) is 17.1 Å². The van der Waals surface area contributed by atoms with E-state index in [1.807, 2.05) is 6.07 Å². The Balaban J connectivity index is 2.36. The summed E-state index contributed by atoms with van der Waals surface area (Å²) in [5, 5.41) is 9.40. The summed E-state index contributed by atoms with van der Waals surface area (Å²) in [5.41, 5.74) is 0.273. The van der Waals surface area contributed by atoms with E-state index >= 15 is 0 Å². The summed E-state index contributed by atoms with van der Waals surface area (Å²) in [6.07, 6.45) is 2.99. The molecule has 0 spiro atoms. The summed E-state index contributed by atoms with van der Waals surface area (Å²) in [5.74, 6) is -0.451. The predicted molar refractivity (Wildman–Crippen MR) is 65.0 cm³/mol. The van der Waals surface area contributed by atoms with Crippen LogP contribution in [0.15, 0.2) is 45.1 Å². The van der Waals surface area contributed by atoms with Gasteiger partial charge in [-0.05, 0) is 34.1 Å². The highest BCUT2D eigenvalue weighted by atomic mass is 79.9. The lowest BCUT2D eigenvalue weighted by Crippen LogP contribution is -1.88. The minimum atomic E-state index is -0.451. The second-order valence-corrected chi connectivity index (χ2v) is 4.86. The molecule has 0 aliphatic carbocycles. The van der Waals surface area contributed by atoms with Gasteiger partial charge in [0.2, 0.25) is 0 Å². The van der Waals surface area contributed by atoms with Gasteiger partial charge in [-0.2, -0.15) is 5.26 Å². The smallest absolute Gasteiger partial charge is 0.152 e. The lowest BCUT2D eigenvalue weighted by Gasteiger charge is -2.04. The maximum absolute atomic E-state index is 13.9. The molecule has 3 nitrogen and oxygen atoms in total. The van der Waals surface area contributed by atoms with Crippen LogP contribution in [0.4, 0.5) is 4.39 Å². The van der Waals surface area contributed by atoms with E-state index in [1.54, 1.807) is 24.4 Å². The molecule has 0 saturated heterocycles. The molecule has 1 heterocycles. The van der Waals surface area contributed by atoms with E-state index in [9.17, 15) is 4.39 Å². The van der Waals surface area contributed by atoms with Crippen molar-refractivity contribution in [3.63, 3.8) is 0 Å². The second-order valence-electron chi connectivity index (χ2n) is 3.00. The second kappa shape index (κ2) is 5.25. The zero-order valence-electron chi connectivity index (χ0n) is 8.39. The Morgan fingerprint density at radius 1 is 1.35 bits per heavy atom. The van der Waals surface area contributed by atoms with E-state index in [0.29, 0.717) is 9.92 Å². The lowest BCUT2D eigenvalue weighted by atomic mass is 10.2. The quantitative estimate of drug-likeness (QED) is 0.798. The van der Waals surface area contributed by atoms with Crippen molar-refractivity contribution in [1.29, 1.82) is 5.26 Å². The zero-order chi connectivity index (χ0) is 12.3. The standard InChI is InChI=1S/C11H5BrFN3S/c12-10-7(5-14)1-2-8(11(10)13)17-9-3-4-15-6-16-9/h1-4,6H. The van der Waals surface area contributed by atoms with Gasteiger partial charge in [0, 0.05) is 6.20 Å². The van der Waals surface area contributed by atoms with E-state index in [4.69, 9.17) is 5.26 Å². The van der Waals surface area contributed by atoms with Gasteiger partial charge < -0.3 is 0 Å². The third kappa shape index (κ3) is 2.62. The van der Waals surface area contributed by atoms with Crippen LogP contribution >= 0.6 is 27.7 Å². The Morgan fingerprint density at radius 3 is 2.82 bits per heavy atom. The summed E-state index contributed by atoms with van der Waals surface area (Å²) >= 11 is 4.24. The van der Waals surface area contributed by atoms with E-state index in [2.05, 4.69) is 25.9 Å². The topological polar surface area (TPSA) is 49.6 Å². The fraction of sp³-hybridized carbons (Fsp3) is 0. The monoisotopic (exact) mass is 309 g/mol. The highest BCUT2D eigenvalue weighted by Crippen LogP contribution is 2.33. The molecule has 0 aliphatic heterocycles. The molecule has 0 aliphatic rings. The molecule has 84 valence electrons. The number of benzene rings is 1. The van der Waals surface area contributed by atoms with Crippen molar-refractivity contribution < 1.29 is 4.39 Å². The van der Waals surface area contributed by atoms with Gasteiger partial charge in [-0.1, -0.05) is 11.8 Å². The average molecular weight is 310 g/mol. The molecule has 0 atom stereocenters. The number of nitrogens with zero attached hydrogens (tertiary/aromatic N) is 3. The number of hydrogen-bond donors (Lipinski definition) is 0. The van der Waals surface area contributed by atoms with Gasteiger partial charge in [-0.15, -0.1) is 0 Å². The first-order valence-corrected chi connectivity index (χ1v) is 6.15. The van der Waals surface area contributed by atoms with Crippen LogP contribution in [0.5, 0.6) is 0 Å². The summed E-state index contributed by atoms with van der Waals surface area (Å²) in [4.78, 5) is 8.19. The third-order valence-corrected chi connectivity index (χ3v) is 3.70. The molecule has 0 amide bonds. The fourth-order valence-electron chi connectivity index (χ4n) is 1.15. The van der Waals surface area contributed by atoms with Crippen LogP contribution in [0.1, 0.15) is 5.56 Å². The summed E-state index contributed by atoms with van der Waals surface area (Å²) in [7, 11) is 0. The Labute approximate surface area is 110 Å². The van der Waals surface area contributed by atoms with Gasteiger partial charge in [0.05, 0.1) is 14.9 Å². The third-order valence-electron chi connectivity index (χ3n) is 1.94. The van der Waals surface area contributed by atoms with Crippen LogP contribution in [-0.4, -0.2) is 9.97 Å². The highest BCUT2D eigenvalue weighted by molar-refractivity contribution is 9.10. The van der Waals surface area contributed by atoms with Crippen molar-refractivity contribution in [2.24, 2.45) is 0 Å². The van der Waals surface area contributed by atoms with Crippen LogP contribution in [0.2, 0.25) is 0 Å². The minimum Gasteiger partial charge on any atom is -0.245 e. The fourth-order valence-corrected chi connectivity index (χ4v) is 2.50. The number of rotatable bonds is 2. The highest BCUT2D eigenvalue weighted by Gasteiger charge is 2.12. The van der Waals surface area contributed by atoms with Crippen LogP contribution in [-0.2, 0) is 0 Å². The van der Waals surface area contributed by atoms with Crippen molar-refractivity contribution in [1.82, 2.24) is 9.97 Å². The molecule has 0 saturated carbocycles. The summed E-state index contributed by atoms with van der Waals surface area (Å²) in [6.45, 7) is 0. The zero-order valence-corrected chi connectivity index (χ0v) is 10.8. The van der Waals surface area contributed by atoms with Crippen molar-refractivity contribution in [3.05, 3.63) is 46.6 Å². The van der Waals surface area contributed by atoms with Crippen molar-refractivity contribution >= 4 is 27.7 Å². The maximum atomic E-state index is 13.9. The first-order chi connectivity index (χ1) is 8.22. The van der Waals surface area contributed by atoms with E-state index in [1.165, 1.54) is 18.1 Å². The Hall–Kier alpha value is -1.45. The molecule has 6 heteroatoms. The summed E-state index contributed by atoms with van der Waals surface area (Å²) < 4.78 is 14.1. The molecule has 0 bridgehead atoms. The number of nitriles is 1. The minimum absolute atomic E-state index is 0.180. The van der Waals surface area contributed by atoms with Gasteiger partial charge in [0.25, 0.3) is 0 Å². The molecule has 0 fully saturated rings. The largest absolute Gasteiger partial charge is 0.245 e. The summed E-state index contributed by atoms with van der Waals surface area (Å²) in [6, 6.07) is 6.72. The number of hydrogen-bond acceptors (Lipinski definition) is 4. The first kappa shape index (κ1) is 12.0. The molecule has 0 unspecified atom stereocenters. The van der Waals surface area contributed by atoms with Crippen LogP contribution in [0.25, 0.3) is 0 Å². The van der Waals surface area contributed by atoms with Crippen LogP contribution in [0.3, 0.4) is 0 Å². The lowest BCUT2D eigenvalue weighted by molar-refractivity contribution is 0.594. The molecule has 0 N–H and O–H groups in total. The average Bonchev–Trinajstić information content (AvgIpc) is 2.37. The Kier molecular flexibility index (Phi) is 3.71. The molecule has 2 rings (SSSR count). The molecule has 1 aromatic heterocycles. The molecular weight excluding hydrogens is 305 g/mol. The first-order valence-electron chi connectivity index (χ1n) is 4.54. The Bertz CT molecular complexity index is 583. The molecule has 2 aromatic rings. The van der Waals surface area contributed by atoms with E-state index in [0.717, 1.165) is 0 Å². The van der Waals surface area contributed by atoms with E-state index < -0.39 is 5.82 Å². The molecule has 0 radical (unpaired) electrons. The number of aromatic nitrogens is 2. The van der Waals surface area contributed by atoms with Crippen molar-refractivity contribution in [2.45, 2.75) is 9.92 Å². The maximum Gasteiger partial charge on any atom is 0.152 e. The predicted octanol–water partition coefficient (Wildman–Crippen LogP) is 3.40. The molecule has 1 aromatic carbocycles. The van der Waals surface area contributed by atoms with E-state index in [-0.39, 0.29) is 10.0 Å². The molecular formula is C11H5BrFN3S. The SMILES string of the molecule is N#Cc1ccc(Sc2ccncn2)c(F)c1Br. The van der Waals surface area contributed by atoms with Crippen LogP contribution < -0.4 is 0 Å². The van der Waals surface area contributed by atoms with Gasteiger partial charge in [-0.25, -0.2) is 14.4 Å². The normalized spacial score (nSPS) is 9.94. The number of halogens is 2. The Morgan fingerprint density at radius 2 is 2.18 bits per heavy atom. The van der Waals surface area contributed by atoms with Gasteiger partial charge in [0.1, 0.15) is 17.4 Å². The van der Waals surface area contributed by atoms with Gasteiger partial charge >= 0.3 is 0 Å². The van der Waals surface area contributed by atoms with Gasteiger partial charge in [0.15, 0.2) is 5.82 Å². The van der Waals surface area contributed by atoms with Gasteiger partial charge in [-0.3, -0.25) is 0 Å². The molecule has 17 heavy (non-hydrogen) atoms. The van der Waals surface area contributed by atoms with Crippen molar-refractivity contribution in [2.75, 3.05) is 0 Å². The van der Waals surface area contributed by atoms with Crippen molar-refractivity contribution in [3.8, 4) is 6.07 Å².